The van der Waals surface area contributed by atoms with Crippen LogP contribution in [0.5, 0.6) is 0 Å². The van der Waals surface area contributed by atoms with Gasteiger partial charge in [0.25, 0.3) is 0 Å². The van der Waals surface area contributed by atoms with Gasteiger partial charge < -0.3 is 26.2 Å². The second-order valence-corrected chi connectivity index (χ2v) is 14.1. The van der Waals surface area contributed by atoms with Crippen LogP contribution in [0.4, 0.5) is 0 Å². The number of phosphoric ester groups is 1. The van der Waals surface area contributed by atoms with Crippen molar-refractivity contribution in [3.05, 3.63) is 12.2 Å². The molecule has 0 spiro atoms. The molecule has 1 amide bonds. The molecule has 0 heterocycles. The highest BCUT2D eigenvalue weighted by Crippen LogP contribution is 2.43. The summed E-state index contributed by atoms with van der Waals surface area (Å²) in [6.45, 7) is 3.91. The number of amides is 1. The Morgan fingerprint density at radius 2 is 1.22 bits per heavy atom. The maximum absolute atomic E-state index is 12.7. The zero-order valence-electron chi connectivity index (χ0n) is 29.0. The SMILES string of the molecule is CCCCCCCCCCCCCCCC/C=C/C(O)C(COP(=O)(O)OCCN)NC(=O)CC(O)CCCCCCCCC. The van der Waals surface area contributed by atoms with Crippen LogP contribution in [0, 0.1) is 0 Å². The van der Waals surface area contributed by atoms with Gasteiger partial charge in [0.15, 0.2) is 0 Å². The van der Waals surface area contributed by atoms with Crippen LogP contribution >= 0.6 is 7.82 Å². The first kappa shape index (κ1) is 44.2. The van der Waals surface area contributed by atoms with Crippen LogP contribution in [-0.4, -0.2) is 59.0 Å². The molecule has 45 heavy (non-hydrogen) atoms. The van der Waals surface area contributed by atoms with E-state index in [0.29, 0.717) is 6.42 Å². The van der Waals surface area contributed by atoms with E-state index < -0.39 is 38.6 Å². The summed E-state index contributed by atoms with van der Waals surface area (Å²) >= 11 is 0. The highest BCUT2D eigenvalue weighted by atomic mass is 31.2. The largest absolute Gasteiger partial charge is 0.472 e. The van der Waals surface area contributed by atoms with Crippen molar-refractivity contribution in [3.63, 3.8) is 0 Å². The average Bonchev–Trinajstić information content (AvgIpc) is 3.01. The Labute approximate surface area is 276 Å². The summed E-state index contributed by atoms with van der Waals surface area (Å²) in [7, 11) is -4.38. The molecule has 4 atom stereocenters. The molecule has 0 aromatic carbocycles. The number of nitrogens with one attached hydrogen (secondary N) is 1. The number of aliphatic hydroxyl groups excluding tert-OH is 2. The average molecular weight is 663 g/mol. The van der Waals surface area contributed by atoms with E-state index in [9.17, 15) is 24.5 Å². The lowest BCUT2D eigenvalue weighted by atomic mass is 10.0. The number of unbranched alkanes of at least 4 members (excludes halogenated alkanes) is 20. The number of phosphoric acid groups is 1. The zero-order valence-corrected chi connectivity index (χ0v) is 29.9. The molecule has 0 aliphatic rings. The summed E-state index contributed by atoms with van der Waals surface area (Å²) in [6, 6.07) is -0.974. The van der Waals surface area contributed by atoms with Crippen molar-refractivity contribution in [2.75, 3.05) is 19.8 Å². The van der Waals surface area contributed by atoms with Gasteiger partial charge in [-0.15, -0.1) is 0 Å². The molecule has 10 heteroatoms. The molecule has 4 unspecified atom stereocenters. The second kappa shape index (κ2) is 31.8. The van der Waals surface area contributed by atoms with Crippen LogP contribution in [-0.2, 0) is 18.4 Å². The van der Waals surface area contributed by atoms with E-state index in [4.69, 9.17) is 14.8 Å². The molecular weight excluding hydrogens is 591 g/mol. The van der Waals surface area contributed by atoms with Gasteiger partial charge in [-0.25, -0.2) is 4.57 Å². The van der Waals surface area contributed by atoms with E-state index in [1.165, 1.54) is 103 Å². The fourth-order valence-corrected chi connectivity index (χ4v) is 6.11. The molecule has 0 aliphatic carbocycles. The van der Waals surface area contributed by atoms with Crippen LogP contribution in [0.2, 0.25) is 0 Å². The predicted molar refractivity (Wildman–Crippen MR) is 186 cm³/mol. The van der Waals surface area contributed by atoms with E-state index in [1.54, 1.807) is 6.08 Å². The maximum Gasteiger partial charge on any atom is 0.472 e. The number of carbonyl (C=O) groups excluding carboxylic acids is 1. The van der Waals surface area contributed by atoms with Crippen molar-refractivity contribution < 1.29 is 33.5 Å². The normalized spacial score (nSPS) is 15.2. The quantitative estimate of drug-likeness (QED) is 0.0263. The van der Waals surface area contributed by atoms with Gasteiger partial charge in [0, 0.05) is 6.54 Å². The lowest BCUT2D eigenvalue weighted by Crippen LogP contribution is -2.46. The summed E-state index contributed by atoms with van der Waals surface area (Å²) in [5.41, 5.74) is 5.33. The summed E-state index contributed by atoms with van der Waals surface area (Å²) < 4.78 is 21.9. The van der Waals surface area contributed by atoms with Gasteiger partial charge in [0.2, 0.25) is 5.91 Å². The number of aliphatic hydroxyl groups is 2. The molecular formula is C35H71N2O7P. The summed E-state index contributed by atoms with van der Waals surface area (Å²) in [4.78, 5) is 22.5. The van der Waals surface area contributed by atoms with Gasteiger partial charge in [-0.3, -0.25) is 13.8 Å². The fraction of sp³-hybridized carbons (Fsp3) is 0.914. The lowest BCUT2D eigenvalue weighted by molar-refractivity contribution is -0.124. The summed E-state index contributed by atoms with van der Waals surface area (Å²) in [6.07, 6.45) is 28.8. The molecule has 0 aliphatic heterocycles. The van der Waals surface area contributed by atoms with Gasteiger partial charge in [-0.05, 0) is 19.3 Å². The van der Waals surface area contributed by atoms with Crippen molar-refractivity contribution >= 4 is 13.7 Å². The number of hydrogen-bond donors (Lipinski definition) is 5. The summed E-state index contributed by atoms with van der Waals surface area (Å²) in [5, 5.41) is 23.8. The topological polar surface area (TPSA) is 151 Å². The highest BCUT2D eigenvalue weighted by Gasteiger charge is 2.27. The Kier molecular flexibility index (Phi) is 31.2. The number of rotatable bonds is 34. The minimum Gasteiger partial charge on any atom is -0.393 e. The molecule has 0 saturated carbocycles. The van der Waals surface area contributed by atoms with E-state index in [1.807, 2.05) is 6.08 Å². The van der Waals surface area contributed by atoms with Crippen LogP contribution in [0.1, 0.15) is 168 Å². The molecule has 9 nitrogen and oxygen atoms in total. The molecule has 0 rings (SSSR count). The third kappa shape index (κ3) is 30.3. The lowest BCUT2D eigenvalue weighted by Gasteiger charge is -2.24. The van der Waals surface area contributed by atoms with E-state index >= 15 is 0 Å². The first-order chi connectivity index (χ1) is 21.8. The van der Waals surface area contributed by atoms with Crippen LogP contribution < -0.4 is 11.1 Å². The monoisotopic (exact) mass is 662 g/mol. The van der Waals surface area contributed by atoms with Crippen molar-refractivity contribution in [2.45, 2.75) is 186 Å². The Balaban J connectivity index is 4.41. The molecule has 0 aromatic heterocycles. The van der Waals surface area contributed by atoms with Gasteiger partial charge in [-0.2, -0.15) is 0 Å². The van der Waals surface area contributed by atoms with E-state index in [0.717, 1.165) is 38.5 Å². The zero-order chi connectivity index (χ0) is 33.4. The van der Waals surface area contributed by atoms with Crippen molar-refractivity contribution in [1.82, 2.24) is 5.32 Å². The van der Waals surface area contributed by atoms with Crippen LogP contribution in [0.15, 0.2) is 12.2 Å². The molecule has 0 bridgehead atoms. The minimum atomic E-state index is -4.38. The third-order valence-electron chi connectivity index (χ3n) is 8.17. The van der Waals surface area contributed by atoms with Crippen molar-refractivity contribution in [2.24, 2.45) is 5.73 Å². The number of carbonyl (C=O) groups is 1. The van der Waals surface area contributed by atoms with Crippen LogP contribution in [0.3, 0.4) is 0 Å². The smallest absolute Gasteiger partial charge is 0.393 e. The fourth-order valence-electron chi connectivity index (χ4n) is 5.35. The number of allylic oxidation sites excluding steroid dienone is 1. The Hall–Kier alpha value is -0.800. The molecule has 0 saturated heterocycles. The highest BCUT2D eigenvalue weighted by molar-refractivity contribution is 7.47. The van der Waals surface area contributed by atoms with Gasteiger partial charge >= 0.3 is 7.82 Å². The second-order valence-electron chi connectivity index (χ2n) is 12.6. The predicted octanol–water partition coefficient (Wildman–Crippen LogP) is 8.24. The minimum absolute atomic E-state index is 0.0509. The van der Waals surface area contributed by atoms with E-state index in [-0.39, 0.29) is 19.6 Å². The molecule has 0 aromatic rings. The molecule has 0 fully saturated rings. The van der Waals surface area contributed by atoms with Crippen molar-refractivity contribution in [1.29, 1.82) is 0 Å². The standard InChI is InChI=1S/C35H71N2O7P/c1-3-5-7-9-11-12-13-14-15-16-17-18-19-21-23-25-27-34(39)33(31-44-45(41,42)43-29-28-36)37-35(40)30-32(38)26-24-22-20-10-8-6-4-2/h25,27,32-34,38-39H,3-24,26,28-31,36H2,1-2H3,(H,37,40)(H,41,42)/b27-25+. The first-order valence-corrected chi connectivity index (χ1v) is 19.9. The van der Waals surface area contributed by atoms with Gasteiger partial charge in [0.05, 0.1) is 37.9 Å². The van der Waals surface area contributed by atoms with Gasteiger partial charge in [-0.1, -0.05) is 154 Å². The Morgan fingerprint density at radius 3 is 1.71 bits per heavy atom. The molecule has 6 N–H and O–H groups in total. The summed E-state index contributed by atoms with van der Waals surface area (Å²) in [5.74, 6) is -0.450. The maximum atomic E-state index is 12.7. The molecule has 268 valence electrons. The Bertz CT molecular complexity index is 741. The number of hydrogen-bond acceptors (Lipinski definition) is 7. The molecule has 0 radical (unpaired) electrons. The van der Waals surface area contributed by atoms with Crippen LogP contribution in [0.25, 0.3) is 0 Å². The van der Waals surface area contributed by atoms with Gasteiger partial charge in [0.1, 0.15) is 0 Å². The van der Waals surface area contributed by atoms with Crippen molar-refractivity contribution in [3.8, 4) is 0 Å². The number of nitrogens with two attached hydrogens (primary N) is 1. The van der Waals surface area contributed by atoms with E-state index in [2.05, 4.69) is 19.2 Å². The first-order valence-electron chi connectivity index (χ1n) is 18.4. The Morgan fingerprint density at radius 1 is 0.756 bits per heavy atom. The third-order valence-corrected chi connectivity index (χ3v) is 9.15.